The van der Waals surface area contributed by atoms with Crippen LogP contribution in [0.4, 0.5) is 0 Å². The van der Waals surface area contributed by atoms with Crippen LogP contribution in [0.15, 0.2) is 0 Å². The van der Waals surface area contributed by atoms with Crippen molar-refractivity contribution in [2.45, 2.75) is 18.9 Å². The topological polar surface area (TPSA) is 41.7 Å². The summed E-state index contributed by atoms with van der Waals surface area (Å²) in [6.07, 6.45) is 2.27. The summed E-state index contributed by atoms with van der Waals surface area (Å²) in [5.41, 5.74) is 5.86. The van der Waals surface area contributed by atoms with Crippen LogP contribution in [0, 0.1) is 0 Å². The Hall–Kier alpha value is -0.160. The molecule has 0 spiro atoms. The minimum Gasteiger partial charge on any atom is -0.379 e. The van der Waals surface area contributed by atoms with E-state index in [1.54, 1.807) is 0 Å². The highest BCUT2D eigenvalue weighted by molar-refractivity contribution is 4.74. The summed E-state index contributed by atoms with van der Waals surface area (Å²) < 4.78 is 5.32. The predicted octanol–water partition coefficient (Wildman–Crippen LogP) is -0.343. The summed E-state index contributed by atoms with van der Waals surface area (Å²) in [7, 11) is 0. The number of nitrogens with two attached hydrogens (primary N) is 1. The Balaban J connectivity index is 1.79. The van der Waals surface area contributed by atoms with Crippen molar-refractivity contribution in [1.29, 1.82) is 0 Å². The van der Waals surface area contributed by atoms with Gasteiger partial charge in [0, 0.05) is 32.2 Å². The lowest BCUT2D eigenvalue weighted by molar-refractivity contribution is -0.0995. The van der Waals surface area contributed by atoms with Gasteiger partial charge in [-0.05, 0) is 12.8 Å². The summed E-state index contributed by atoms with van der Waals surface area (Å²) in [6, 6.07) is 0.428. The van der Waals surface area contributed by atoms with E-state index >= 15 is 0 Å². The smallest absolute Gasteiger partial charge is 0.0608 e. The molecule has 4 nitrogen and oxygen atoms in total. The molecule has 2 heterocycles. The van der Waals surface area contributed by atoms with Gasteiger partial charge in [-0.3, -0.25) is 0 Å². The monoisotopic (exact) mass is 185 g/mol. The van der Waals surface area contributed by atoms with E-state index in [9.17, 15) is 0 Å². The fourth-order valence-electron chi connectivity index (χ4n) is 2.01. The minimum atomic E-state index is 0.428. The SMILES string of the molecule is NC1CCN(N2CCOCC2)CC1. The van der Waals surface area contributed by atoms with E-state index in [1.165, 1.54) is 0 Å². The van der Waals surface area contributed by atoms with Crippen LogP contribution in [0.2, 0.25) is 0 Å². The molecule has 0 aliphatic carbocycles. The van der Waals surface area contributed by atoms with E-state index in [0.717, 1.165) is 52.2 Å². The lowest BCUT2D eigenvalue weighted by Gasteiger charge is -2.40. The maximum Gasteiger partial charge on any atom is 0.0608 e. The molecular weight excluding hydrogens is 166 g/mol. The maximum atomic E-state index is 5.86. The molecule has 0 radical (unpaired) electrons. The zero-order valence-electron chi connectivity index (χ0n) is 8.11. The van der Waals surface area contributed by atoms with Crippen LogP contribution >= 0.6 is 0 Å². The fraction of sp³-hybridized carbons (Fsp3) is 1.00. The van der Waals surface area contributed by atoms with Gasteiger partial charge >= 0.3 is 0 Å². The number of morpholine rings is 1. The van der Waals surface area contributed by atoms with Gasteiger partial charge in [0.05, 0.1) is 13.2 Å². The van der Waals surface area contributed by atoms with Crippen LogP contribution in [0.3, 0.4) is 0 Å². The molecule has 2 aliphatic heterocycles. The van der Waals surface area contributed by atoms with Gasteiger partial charge in [-0.1, -0.05) is 0 Å². The van der Waals surface area contributed by atoms with E-state index in [2.05, 4.69) is 10.0 Å². The summed E-state index contributed by atoms with van der Waals surface area (Å²) in [5, 5.41) is 4.85. The first-order chi connectivity index (χ1) is 6.36. The second kappa shape index (κ2) is 4.37. The fourth-order valence-corrected chi connectivity index (χ4v) is 2.01. The lowest BCUT2D eigenvalue weighted by Crippen LogP contribution is -2.53. The van der Waals surface area contributed by atoms with Gasteiger partial charge in [-0.2, -0.15) is 0 Å². The van der Waals surface area contributed by atoms with Crippen LogP contribution in [0.25, 0.3) is 0 Å². The maximum absolute atomic E-state index is 5.86. The molecule has 2 N–H and O–H groups in total. The van der Waals surface area contributed by atoms with E-state index in [1.807, 2.05) is 0 Å². The van der Waals surface area contributed by atoms with Gasteiger partial charge in [0.1, 0.15) is 0 Å². The summed E-state index contributed by atoms with van der Waals surface area (Å²) in [6.45, 7) is 6.11. The average molecular weight is 185 g/mol. The number of hydrogen-bond donors (Lipinski definition) is 1. The Morgan fingerprint density at radius 3 is 2.08 bits per heavy atom. The molecule has 4 heteroatoms. The van der Waals surface area contributed by atoms with Crippen molar-refractivity contribution < 1.29 is 4.74 Å². The minimum absolute atomic E-state index is 0.428. The van der Waals surface area contributed by atoms with Gasteiger partial charge in [-0.15, -0.1) is 0 Å². The lowest BCUT2D eigenvalue weighted by atomic mass is 10.1. The molecule has 2 rings (SSSR count). The Kier molecular flexibility index (Phi) is 3.16. The number of rotatable bonds is 1. The number of piperidine rings is 1. The summed E-state index contributed by atoms with van der Waals surface area (Å²) >= 11 is 0. The first-order valence-corrected chi connectivity index (χ1v) is 5.19. The van der Waals surface area contributed by atoms with E-state index in [0.29, 0.717) is 6.04 Å². The number of ether oxygens (including phenoxy) is 1. The zero-order chi connectivity index (χ0) is 9.10. The average Bonchev–Trinajstić information content (AvgIpc) is 2.20. The standard InChI is InChI=1S/C9H19N3O/c10-9-1-3-11(4-2-9)12-5-7-13-8-6-12/h9H,1-8,10H2. The molecular formula is C9H19N3O. The molecule has 76 valence electrons. The van der Waals surface area contributed by atoms with Crippen LogP contribution < -0.4 is 5.73 Å². The molecule has 0 atom stereocenters. The van der Waals surface area contributed by atoms with E-state index in [-0.39, 0.29) is 0 Å². The highest BCUT2D eigenvalue weighted by atomic mass is 16.5. The molecule has 0 saturated carbocycles. The third-order valence-electron chi connectivity index (χ3n) is 2.90. The van der Waals surface area contributed by atoms with Gasteiger partial charge in [0.2, 0.25) is 0 Å². The Morgan fingerprint density at radius 1 is 0.923 bits per heavy atom. The van der Waals surface area contributed by atoms with Gasteiger partial charge < -0.3 is 10.5 Å². The molecule has 2 fully saturated rings. The molecule has 0 unspecified atom stereocenters. The molecule has 0 bridgehead atoms. The van der Waals surface area contributed by atoms with Gasteiger partial charge in [0.25, 0.3) is 0 Å². The molecule has 0 aromatic carbocycles. The quantitative estimate of drug-likeness (QED) is 0.606. The van der Waals surface area contributed by atoms with Crippen molar-refractivity contribution in [3.05, 3.63) is 0 Å². The van der Waals surface area contributed by atoms with Crippen molar-refractivity contribution in [3.8, 4) is 0 Å². The largest absolute Gasteiger partial charge is 0.379 e. The molecule has 0 amide bonds. The third-order valence-corrected chi connectivity index (χ3v) is 2.90. The van der Waals surface area contributed by atoms with Crippen molar-refractivity contribution in [3.63, 3.8) is 0 Å². The number of nitrogens with zero attached hydrogens (tertiary/aromatic N) is 2. The van der Waals surface area contributed by atoms with Crippen molar-refractivity contribution in [2.75, 3.05) is 39.4 Å². The third kappa shape index (κ3) is 2.40. The molecule has 2 saturated heterocycles. The van der Waals surface area contributed by atoms with Crippen LogP contribution in [0.1, 0.15) is 12.8 Å². The van der Waals surface area contributed by atoms with Crippen molar-refractivity contribution in [1.82, 2.24) is 10.0 Å². The predicted molar refractivity (Wildman–Crippen MR) is 51.2 cm³/mol. The molecule has 0 aromatic heterocycles. The van der Waals surface area contributed by atoms with Crippen LogP contribution in [-0.4, -0.2) is 55.5 Å². The normalized spacial score (nSPS) is 29.3. The summed E-state index contributed by atoms with van der Waals surface area (Å²) in [4.78, 5) is 0. The van der Waals surface area contributed by atoms with Crippen molar-refractivity contribution >= 4 is 0 Å². The first-order valence-electron chi connectivity index (χ1n) is 5.19. The Bertz CT molecular complexity index is 151. The second-order valence-corrected chi connectivity index (χ2v) is 3.86. The summed E-state index contributed by atoms with van der Waals surface area (Å²) in [5.74, 6) is 0. The van der Waals surface area contributed by atoms with Crippen molar-refractivity contribution in [2.24, 2.45) is 5.73 Å². The van der Waals surface area contributed by atoms with Crippen LogP contribution in [-0.2, 0) is 4.74 Å². The Morgan fingerprint density at radius 2 is 1.46 bits per heavy atom. The highest BCUT2D eigenvalue weighted by Crippen LogP contribution is 2.12. The Labute approximate surface area is 79.6 Å². The molecule has 2 aliphatic rings. The van der Waals surface area contributed by atoms with E-state index in [4.69, 9.17) is 10.5 Å². The van der Waals surface area contributed by atoms with Gasteiger partial charge in [-0.25, -0.2) is 10.0 Å². The molecule has 13 heavy (non-hydrogen) atoms. The number of hydrogen-bond acceptors (Lipinski definition) is 4. The first kappa shape index (κ1) is 9.40. The van der Waals surface area contributed by atoms with Crippen LogP contribution in [0.5, 0.6) is 0 Å². The van der Waals surface area contributed by atoms with E-state index < -0.39 is 0 Å². The molecule has 0 aromatic rings. The number of hydrazine groups is 1. The zero-order valence-corrected chi connectivity index (χ0v) is 8.11. The van der Waals surface area contributed by atoms with Gasteiger partial charge in [0.15, 0.2) is 0 Å². The highest BCUT2D eigenvalue weighted by Gasteiger charge is 2.22. The second-order valence-electron chi connectivity index (χ2n) is 3.86.